The molecule has 0 saturated heterocycles. The van der Waals surface area contributed by atoms with Crippen LogP contribution in [-0.2, 0) is 22.4 Å². The third kappa shape index (κ3) is 4.49. The van der Waals surface area contributed by atoms with Crippen LogP contribution < -0.4 is 10.6 Å². The fraction of sp³-hybridized carbons (Fsp3) is 0.222. The number of rotatable bonds is 4. The van der Waals surface area contributed by atoms with Gasteiger partial charge in [-0.05, 0) is 42.2 Å². The van der Waals surface area contributed by atoms with Crippen molar-refractivity contribution < 1.29 is 9.59 Å². The Kier molecular flexibility index (Phi) is 6.23. The van der Waals surface area contributed by atoms with Crippen LogP contribution in [0.5, 0.6) is 0 Å². The summed E-state index contributed by atoms with van der Waals surface area (Å²) in [4.78, 5) is 24.4. The van der Waals surface area contributed by atoms with E-state index in [4.69, 9.17) is 23.2 Å². The lowest BCUT2D eigenvalue weighted by molar-refractivity contribution is -0.133. The highest BCUT2D eigenvalue weighted by Crippen LogP contribution is 2.24. The minimum Gasteiger partial charge on any atom is -0.318 e. The second-order valence-corrected chi connectivity index (χ2v) is 6.10. The van der Waals surface area contributed by atoms with Crippen molar-refractivity contribution in [3.05, 3.63) is 57.6 Å². The summed E-state index contributed by atoms with van der Waals surface area (Å²) in [6.45, 7) is 4.00. The Hall–Kier alpha value is -2.04. The maximum absolute atomic E-state index is 12.2. The zero-order valence-corrected chi connectivity index (χ0v) is 15.0. The van der Waals surface area contributed by atoms with E-state index in [-0.39, 0.29) is 0 Å². The topological polar surface area (TPSA) is 58.2 Å². The number of amides is 2. The van der Waals surface area contributed by atoms with E-state index in [1.165, 1.54) is 12.1 Å². The Morgan fingerprint density at radius 2 is 1.38 bits per heavy atom. The smallest absolute Gasteiger partial charge is 0.314 e. The van der Waals surface area contributed by atoms with Gasteiger partial charge in [0.05, 0.1) is 0 Å². The summed E-state index contributed by atoms with van der Waals surface area (Å²) in [6, 6.07) is 10.4. The highest BCUT2D eigenvalue weighted by atomic mass is 35.5. The van der Waals surface area contributed by atoms with Crippen molar-refractivity contribution >= 4 is 46.4 Å². The van der Waals surface area contributed by atoms with Crippen molar-refractivity contribution in [2.45, 2.75) is 26.7 Å². The number of halogens is 2. The number of anilines is 2. The minimum absolute atomic E-state index is 0.368. The van der Waals surface area contributed by atoms with Gasteiger partial charge in [0.1, 0.15) is 0 Å². The average Bonchev–Trinajstić information content (AvgIpc) is 2.53. The van der Waals surface area contributed by atoms with Crippen LogP contribution in [0, 0.1) is 0 Å². The van der Waals surface area contributed by atoms with Gasteiger partial charge in [-0.2, -0.15) is 0 Å². The van der Waals surface area contributed by atoms with Crippen molar-refractivity contribution in [2.24, 2.45) is 0 Å². The van der Waals surface area contributed by atoms with Gasteiger partial charge in [0.2, 0.25) is 0 Å². The first-order valence-corrected chi connectivity index (χ1v) is 8.39. The number of hydrogen-bond acceptors (Lipinski definition) is 2. The Morgan fingerprint density at radius 3 is 1.88 bits per heavy atom. The van der Waals surface area contributed by atoms with Crippen LogP contribution in [0.1, 0.15) is 25.0 Å². The van der Waals surface area contributed by atoms with Crippen LogP contribution >= 0.6 is 23.2 Å². The monoisotopic (exact) mass is 364 g/mol. The molecule has 2 aromatic carbocycles. The maximum atomic E-state index is 12.2. The summed E-state index contributed by atoms with van der Waals surface area (Å²) < 4.78 is 0. The second kappa shape index (κ2) is 8.18. The fourth-order valence-corrected chi connectivity index (χ4v) is 2.91. The van der Waals surface area contributed by atoms with E-state index in [0.717, 1.165) is 24.0 Å². The molecule has 2 aromatic rings. The lowest BCUT2D eigenvalue weighted by Gasteiger charge is -2.14. The van der Waals surface area contributed by atoms with E-state index in [1.807, 2.05) is 32.0 Å². The zero-order chi connectivity index (χ0) is 17.7. The first kappa shape index (κ1) is 18.3. The highest BCUT2D eigenvalue weighted by Gasteiger charge is 2.17. The van der Waals surface area contributed by atoms with E-state index in [0.29, 0.717) is 21.4 Å². The molecule has 24 heavy (non-hydrogen) atoms. The third-order valence-electron chi connectivity index (χ3n) is 3.56. The molecule has 0 saturated carbocycles. The molecular formula is C18H18Cl2N2O2. The summed E-state index contributed by atoms with van der Waals surface area (Å²) in [5.74, 6) is -1.51. The van der Waals surface area contributed by atoms with Gasteiger partial charge in [0.25, 0.3) is 0 Å². The predicted octanol–water partition coefficient (Wildman–Crippen LogP) is 4.70. The van der Waals surface area contributed by atoms with E-state index < -0.39 is 11.8 Å². The summed E-state index contributed by atoms with van der Waals surface area (Å²) in [7, 11) is 0. The molecule has 2 amide bonds. The summed E-state index contributed by atoms with van der Waals surface area (Å²) in [6.07, 6.45) is 1.52. The van der Waals surface area contributed by atoms with Crippen LogP contribution in [-0.4, -0.2) is 11.8 Å². The number of para-hydroxylation sites is 1. The van der Waals surface area contributed by atoms with Crippen molar-refractivity contribution in [1.29, 1.82) is 0 Å². The number of hydrogen-bond donors (Lipinski definition) is 2. The van der Waals surface area contributed by atoms with E-state index >= 15 is 0 Å². The molecule has 4 nitrogen and oxygen atoms in total. The Morgan fingerprint density at radius 1 is 0.875 bits per heavy atom. The Bertz CT molecular complexity index is 733. The van der Waals surface area contributed by atoms with Crippen LogP contribution in [0.3, 0.4) is 0 Å². The fourth-order valence-electron chi connectivity index (χ4n) is 2.39. The standard InChI is InChI=1S/C18H18Cl2N2O2/c1-3-11-6-5-7-12(4-2)16(11)22-18(24)17(23)21-15-9-13(19)8-14(20)10-15/h5-10H,3-4H2,1-2H3,(H,21,23)(H,22,24). The van der Waals surface area contributed by atoms with Gasteiger partial charge in [-0.25, -0.2) is 0 Å². The van der Waals surface area contributed by atoms with Gasteiger partial charge in [0, 0.05) is 21.4 Å². The molecule has 0 bridgehead atoms. The van der Waals surface area contributed by atoms with Crippen molar-refractivity contribution in [3.63, 3.8) is 0 Å². The quantitative estimate of drug-likeness (QED) is 0.772. The number of benzene rings is 2. The Labute approximate surface area is 151 Å². The molecule has 0 unspecified atom stereocenters. The lowest BCUT2D eigenvalue weighted by Crippen LogP contribution is -2.29. The average molecular weight is 365 g/mol. The maximum Gasteiger partial charge on any atom is 0.314 e. The van der Waals surface area contributed by atoms with Gasteiger partial charge in [-0.3, -0.25) is 9.59 Å². The molecule has 0 fully saturated rings. The molecule has 0 aromatic heterocycles. The molecule has 0 heterocycles. The molecular weight excluding hydrogens is 347 g/mol. The molecule has 2 rings (SSSR count). The minimum atomic E-state index is -0.777. The third-order valence-corrected chi connectivity index (χ3v) is 4.00. The molecule has 6 heteroatoms. The van der Waals surface area contributed by atoms with Gasteiger partial charge < -0.3 is 10.6 Å². The normalized spacial score (nSPS) is 10.3. The second-order valence-electron chi connectivity index (χ2n) is 5.22. The van der Waals surface area contributed by atoms with E-state index in [1.54, 1.807) is 6.07 Å². The first-order valence-electron chi connectivity index (χ1n) is 7.63. The molecule has 126 valence electrons. The summed E-state index contributed by atoms with van der Waals surface area (Å²) >= 11 is 11.8. The number of carbonyl (C=O) groups is 2. The Balaban J connectivity index is 2.16. The van der Waals surface area contributed by atoms with Crippen LogP contribution in [0.2, 0.25) is 10.0 Å². The van der Waals surface area contributed by atoms with Crippen LogP contribution in [0.25, 0.3) is 0 Å². The van der Waals surface area contributed by atoms with Gasteiger partial charge in [-0.1, -0.05) is 55.2 Å². The van der Waals surface area contributed by atoms with Gasteiger partial charge >= 0.3 is 11.8 Å². The van der Waals surface area contributed by atoms with E-state index in [2.05, 4.69) is 10.6 Å². The zero-order valence-electron chi connectivity index (χ0n) is 13.5. The van der Waals surface area contributed by atoms with Crippen molar-refractivity contribution in [3.8, 4) is 0 Å². The van der Waals surface area contributed by atoms with Crippen molar-refractivity contribution in [2.75, 3.05) is 10.6 Å². The highest BCUT2D eigenvalue weighted by molar-refractivity contribution is 6.44. The largest absolute Gasteiger partial charge is 0.318 e. The molecule has 2 N–H and O–H groups in total. The molecule has 0 spiro atoms. The van der Waals surface area contributed by atoms with Gasteiger partial charge in [-0.15, -0.1) is 0 Å². The van der Waals surface area contributed by atoms with Crippen molar-refractivity contribution in [1.82, 2.24) is 0 Å². The number of carbonyl (C=O) groups excluding carboxylic acids is 2. The molecule has 0 aliphatic rings. The van der Waals surface area contributed by atoms with Crippen LogP contribution in [0.15, 0.2) is 36.4 Å². The molecule has 0 atom stereocenters. The number of nitrogens with one attached hydrogen (secondary N) is 2. The number of aryl methyl sites for hydroxylation is 2. The van der Waals surface area contributed by atoms with Gasteiger partial charge in [0.15, 0.2) is 0 Å². The van der Waals surface area contributed by atoms with E-state index in [9.17, 15) is 9.59 Å². The summed E-state index contributed by atoms with van der Waals surface area (Å²) in [5, 5.41) is 5.97. The first-order chi connectivity index (χ1) is 11.4. The molecule has 0 aliphatic carbocycles. The molecule has 0 radical (unpaired) electrons. The predicted molar refractivity (Wildman–Crippen MR) is 98.9 cm³/mol. The van der Waals surface area contributed by atoms with Crippen LogP contribution in [0.4, 0.5) is 11.4 Å². The lowest BCUT2D eigenvalue weighted by atomic mass is 10.0. The summed E-state index contributed by atoms with van der Waals surface area (Å²) in [5.41, 5.74) is 3.04. The molecule has 0 aliphatic heterocycles. The SMILES string of the molecule is CCc1cccc(CC)c1NC(=O)C(=O)Nc1cc(Cl)cc(Cl)c1.